The number of fused-ring (bicyclic) bond motifs is 9. The lowest BCUT2D eigenvalue weighted by Crippen LogP contribution is -2.01. The van der Waals surface area contributed by atoms with Crippen LogP contribution in [-0.2, 0) is 0 Å². The Balaban J connectivity index is 1.05. The first kappa shape index (κ1) is 38.8. The average Bonchev–Trinajstić information content (AvgIpc) is 4.10. The van der Waals surface area contributed by atoms with Gasteiger partial charge < -0.3 is 13.4 Å². The standard InChI is InChI=1S/C63H38N4O2/c1-4-16-39(17-5-1)41-28-30-43(31-29-41)62-64-61(42-20-8-3-9-21-42)65-63(66-62)45-35-52(60-48-24-12-15-27-57(48)69-59(60)36-45)50-38-58-51(47-23-11-14-26-56(47)68-58)37-55(50)67-53-25-13-10-22-46(53)49-34-44(32-33-54(49)67)40-18-6-2-7-19-40/h1-38H. The van der Waals surface area contributed by atoms with E-state index >= 15 is 0 Å². The Morgan fingerprint density at radius 3 is 1.48 bits per heavy atom. The lowest BCUT2D eigenvalue weighted by atomic mass is 9.94. The van der Waals surface area contributed by atoms with Crippen LogP contribution in [-0.4, -0.2) is 19.5 Å². The monoisotopic (exact) mass is 882 g/mol. The first-order valence-electron chi connectivity index (χ1n) is 23.2. The lowest BCUT2D eigenvalue weighted by molar-refractivity contribution is 0.668. The van der Waals surface area contributed by atoms with Gasteiger partial charge >= 0.3 is 0 Å². The van der Waals surface area contributed by atoms with Gasteiger partial charge in [-0.25, -0.2) is 15.0 Å². The molecule has 0 saturated carbocycles. The Bertz CT molecular complexity index is 4290. The Morgan fingerprint density at radius 1 is 0.275 bits per heavy atom. The molecule has 10 aromatic carbocycles. The summed E-state index contributed by atoms with van der Waals surface area (Å²) in [4.78, 5) is 15.6. The van der Waals surface area contributed by atoms with Gasteiger partial charge in [-0.2, -0.15) is 0 Å². The Morgan fingerprint density at radius 2 is 0.768 bits per heavy atom. The first-order chi connectivity index (χ1) is 34.2. The molecule has 6 heteroatoms. The number of hydrogen-bond acceptors (Lipinski definition) is 5. The zero-order valence-corrected chi connectivity index (χ0v) is 37.0. The molecule has 0 atom stereocenters. The summed E-state index contributed by atoms with van der Waals surface area (Å²) < 4.78 is 16.0. The second-order valence-electron chi connectivity index (χ2n) is 17.5. The van der Waals surface area contributed by atoms with Crippen LogP contribution >= 0.6 is 0 Å². The molecule has 14 aromatic rings. The van der Waals surface area contributed by atoms with Crippen molar-refractivity contribution in [3.63, 3.8) is 0 Å². The van der Waals surface area contributed by atoms with Gasteiger partial charge in [0.1, 0.15) is 22.3 Å². The van der Waals surface area contributed by atoms with E-state index in [1.807, 2.05) is 60.7 Å². The van der Waals surface area contributed by atoms with Gasteiger partial charge in [0, 0.05) is 54.6 Å². The Hall–Kier alpha value is -9.39. The van der Waals surface area contributed by atoms with E-state index in [2.05, 4.69) is 174 Å². The number of hydrogen-bond donors (Lipinski definition) is 0. The van der Waals surface area contributed by atoms with E-state index in [0.717, 1.165) is 99.5 Å². The van der Waals surface area contributed by atoms with Crippen molar-refractivity contribution in [3.05, 3.63) is 231 Å². The van der Waals surface area contributed by atoms with Crippen LogP contribution in [0.4, 0.5) is 0 Å². The number of aromatic nitrogens is 4. The molecule has 14 rings (SSSR count). The van der Waals surface area contributed by atoms with Crippen LogP contribution < -0.4 is 0 Å². The quantitative estimate of drug-likeness (QED) is 0.159. The average molecular weight is 883 g/mol. The van der Waals surface area contributed by atoms with Gasteiger partial charge in [0.15, 0.2) is 17.5 Å². The maximum atomic E-state index is 6.82. The fourth-order valence-corrected chi connectivity index (χ4v) is 10.2. The molecule has 4 heterocycles. The minimum absolute atomic E-state index is 0.534. The molecule has 0 unspecified atom stereocenters. The molecule has 0 radical (unpaired) electrons. The number of rotatable bonds is 7. The number of para-hydroxylation sites is 3. The molecule has 0 aliphatic carbocycles. The van der Waals surface area contributed by atoms with Gasteiger partial charge in [0.2, 0.25) is 0 Å². The summed E-state index contributed by atoms with van der Waals surface area (Å²) in [6, 6.07) is 80.5. The zero-order chi connectivity index (χ0) is 45.4. The van der Waals surface area contributed by atoms with Crippen molar-refractivity contribution in [2.75, 3.05) is 0 Å². The molecule has 69 heavy (non-hydrogen) atoms. The molecule has 0 aliphatic rings. The van der Waals surface area contributed by atoms with Gasteiger partial charge in [-0.3, -0.25) is 0 Å². The van der Waals surface area contributed by atoms with Crippen molar-refractivity contribution in [1.29, 1.82) is 0 Å². The molecule has 0 saturated heterocycles. The third-order valence-electron chi connectivity index (χ3n) is 13.5. The van der Waals surface area contributed by atoms with E-state index < -0.39 is 0 Å². The summed E-state index contributed by atoms with van der Waals surface area (Å²) >= 11 is 0. The topological polar surface area (TPSA) is 69.9 Å². The van der Waals surface area contributed by atoms with E-state index in [0.29, 0.717) is 17.5 Å². The SMILES string of the molecule is c1ccc(-c2ccc(-c3nc(-c4ccccc4)nc(-c4cc(-c5cc6oc7ccccc7c6cc5-n5c6ccccc6c6cc(-c7ccccc7)ccc65)c5c(c4)oc4ccccc45)n3)cc2)cc1. The maximum absolute atomic E-state index is 6.82. The molecule has 4 aromatic heterocycles. The minimum Gasteiger partial charge on any atom is -0.456 e. The summed E-state index contributed by atoms with van der Waals surface area (Å²) in [5, 5.41) is 6.44. The smallest absolute Gasteiger partial charge is 0.164 e. The first-order valence-corrected chi connectivity index (χ1v) is 23.2. The highest BCUT2D eigenvalue weighted by Gasteiger charge is 2.24. The van der Waals surface area contributed by atoms with E-state index in [9.17, 15) is 0 Å². The molecule has 322 valence electrons. The van der Waals surface area contributed by atoms with Crippen molar-refractivity contribution < 1.29 is 8.83 Å². The highest BCUT2D eigenvalue weighted by molar-refractivity contribution is 6.17. The van der Waals surface area contributed by atoms with Gasteiger partial charge in [-0.15, -0.1) is 0 Å². The molecular formula is C63H38N4O2. The maximum Gasteiger partial charge on any atom is 0.164 e. The Kier molecular flexibility index (Phi) is 8.79. The summed E-state index contributed by atoms with van der Waals surface area (Å²) in [6.07, 6.45) is 0. The second kappa shape index (κ2) is 15.6. The molecule has 0 spiro atoms. The van der Waals surface area contributed by atoms with Crippen molar-refractivity contribution >= 4 is 65.7 Å². The lowest BCUT2D eigenvalue weighted by Gasteiger charge is -2.17. The molecule has 0 amide bonds. The number of benzene rings is 10. The van der Waals surface area contributed by atoms with Crippen LogP contribution in [0, 0.1) is 0 Å². The van der Waals surface area contributed by atoms with Crippen LogP contribution in [0.25, 0.3) is 139 Å². The van der Waals surface area contributed by atoms with Crippen LogP contribution in [0.2, 0.25) is 0 Å². The van der Waals surface area contributed by atoms with Crippen molar-refractivity contribution in [3.8, 4) is 73.2 Å². The highest BCUT2D eigenvalue weighted by atomic mass is 16.3. The molecule has 0 bridgehead atoms. The molecule has 0 aliphatic heterocycles. The van der Waals surface area contributed by atoms with E-state index in [1.54, 1.807) is 0 Å². The fraction of sp³-hybridized carbons (Fsp3) is 0. The van der Waals surface area contributed by atoms with E-state index in [4.69, 9.17) is 23.8 Å². The van der Waals surface area contributed by atoms with E-state index in [-0.39, 0.29) is 0 Å². The van der Waals surface area contributed by atoms with Crippen LogP contribution in [0.3, 0.4) is 0 Å². The molecule has 0 fully saturated rings. The zero-order valence-electron chi connectivity index (χ0n) is 37.0. The summed E-state index contributed by atoms with van der Waals surface area (Å²) in [5.41, 5.74) is 15.5. The van der Waals surface area contributed by atoms with Crippen molar-refractivity contribution in [2.24, 2.45) is 0 Å². The minimum atomic E-state index is 0.534. The van der Waals surface area contributed by atoms with Gasteiger partial charge in [0.25, 0.3) is 0 Å². The van der Waals surface area contributed by atoms with Crippen LogP contribution in [0.15, 0.2) is 239 Å². The molecule has 0 N–H and O–H groups in total. The van der Waals surface area contributed by atoms with Gasteiger partial charge in [-0.05, 0) is 82.4 Å². The predicted octanol–water partition coefficient (Wildman–Crippen LogP) is 16.8. The summed E-state index contributed by atoms with van der Waals surface area (Å²) in [7, 11) is 0. The normalized spacial score (nSPS) is 11.8. The van der Waals surface area contributed by atoms with E-state index in [1.165, 1.54) is 21.9 Å². The Labute approximate surface area is 396 Å². The molecule has 6 nitrogen and oxygen atoms in total. The molecular weight excluding hydrogens is 845 g/mol. The predicted molar refractivity (Wildman–Crippen MR) is 281 cm³/mol. The summed E-state index contributed by atoms with van der Waals surface area (Å²) in [5.74, 6) is 1.69. The number of furan rings is 2. The van der Waals surface area contributed by atoms with Crippen molar-refractivity contribution in [2.45, 2.75) is 0 Å². The largest absolute Gasteiger partial charge is 0.456 e. The summed E-state index contributed by atoms with van der Waals surface area (Å²) in [6.45, 7) is 0. The highest BCUT2D eigenvalue weighted by Crippen LogP contribution is 2.46. The third kappa shape index (κ3) is 6.45. The third-order valence-corrected chi connectivity index (χ3v) is 13.5. The van der Waals surface area contributed by atoms with Crippen LogP contribution in [0.1, 0.15) is 0 Å². The second-order valence-corrected chi connectivity index (χ2v) is 17.5. The van der Waals surface area contributed by atoms with Crippen molar-refractivity contribution in [1.82, 2.24) is 19.5 Å². The number of nitrogens with zero attached hydrogens (tertiary/aromatic N) is 4. The van der Waals surface area contributed by atoms with Crippen LogP contribution in [0.5, 0.6) is 0 Å². The van der Waals surface area contributed by atoms with Gasteiger partial charge in [0.05, 0.1) is 16.7 Å². The fourth-order valence-electron chi connectivity index (χ4n) is 10.2. The van der Waals surface area contributed by atoms with Gasteiger partial charge in [-0.1, -0.05) is 176 Å².